The molecule has 4 aromatic rings. The summed E-state index contributed by atoms with van der Waals surface area (Å²) in [6.45, 7) is 5.53. The Kier molecular flexibility index (Phi) is 5.82. The smallest absolute Gasteiger partial charge is 0.227 e. The molecule has 2 aromatic heterocycles. The lowest BCUT2D eigenvalue weighted by atomic mass is 10.1. The Labute approximate surface area is 192 Å². The van der Waals surface area contributed by atoms with Crippen molar-refractivity contribution in [2.75, 3.05) is 41.7 Å². The average molecular weight is 440 g/mol. The molecule has 166 valence electrons. The van der Waals surface area contributed by atoms with Crippen molar-refractivity contribution in [2.45, 2.75) is 6.92 Å². The molecule has 2 aromatic carbocycles. The Balaban J connectivity index is 1.42. The van der Waals surface area contributed by atoms with Crippen LogP contribution in [-0.2, 0) is 4.79 Å². The number of anilines is 4. The quantitative estimate of drug-likeness (QED) is 0.435. The Hall–Kier alpha value is -4.04. The zero-order chi connectivity index (χ0) is 22.6. The fourth-order valence-corrected chi connectivity index (χ4v) is 3.99. The number of carbonyl (C=O) groups is 1. The average Bonchev–Trinajstić information content (AvgIpc) is 2.84. The van der Waals surface area contributed by atoms with Crippen molar-refractivity contribution in [3.63, 3.8) is 0 Å². The number of rotatable bonds is 5. The van der Waals surface area contributed by atoms with E-state index in [0.717, 1.165) is 54.0 Å². The summed E-state index contributed by atoms with van der Waals surface area (Å²) >= 11 is 0. The second-order valence-corrected chi connectivity index (χ2v) is 7.96. The van der Waals surface area contributed by atoms with Crippen molar-refractivity contribution >= 4 is 39.8 Å². The van der Waals surface area contributed by atoms with Crippen LogP contribution >= 0.6 is 0 Å². The standard InChI is InChI=1S/C25H25N7O/c1-17(33)29-20-9-10-27-23(15-20)22-4-2-3-18-16-28-25(31-24(18)22)30-19-5-7-21(8-6-19)32-13-11-26-12-14-32/h2-10,15-16,26H,11-14H2,1H3,(H,27,29,33)(H,28,30,31). The molecule has 1 aliphatic heterocycles. The van der Waals surface area contributed by atoms with E-state index in [9.17, 15) is 4.79 Å². The summed E-state index contributed by atoms with van der Waals surface area (Å²) < 4.78 is 0. The summed E-state index contributed by atoms with van der Waals surface area (Å²) in [5.74, 6) is 0.393. The zero-order valence-electron chi connectivity index (χ0n) is 18.4. The number of fused-ring (bicyclic) bond motifs is 1. The summed E-state index contributed by atoms with van der Waals surface area (Å²) in [4.78, 5) is 27.6. The fraction of sp³-hybridized carbons (Fsp3) is 0.200. The third kappa shape index (κ3) is 4.75. The van der Waals surface area contributed by atoms with Gasteiger partial charge in [0, 0.05) is 73.5 Å². The van der Waals surface area contributed by atoms with Crippen LogP contribution in [0.2, 0.25) is 0 Å². The van der Waals surface area contributed by atoms with Gasteiger partial charge < -0.3 is 20.9 Å². The summed E-state index contributed by atoms with van der Waals surface area (Å²) in [5, 5.41) is 10.4. The minimum Gasteiger partial charge on any atom is -0.369 e. The molecule has 0 radical (unpaired) electrons. The number of aromatic nitrogens is 3. The number of nitrogens with one attached hydrogen (secondary N) is 3. The molecule has 33 heavy (non-hydrogen) atoms. The minimum absolute atomic E-state index is 0.123. The Morgan fingerprint density at radius 1 is 1.00 bits per heavy atom. The number of para-hydroxylation sites is 1. The van der Waals surface area contributed by atoms with Crippen LogP contribution in [0.1, 0.15) is 6.92 Å². The van der Waals surface area contributed by atoms with E-state index in [1.165, 1.54) is 12.6 Å². The number of nitrogens with zero attached hydrogens (tertiary/aromatic N) is 4. The second-order valence-electron chi connectivity index (χ2n) is 7.96. The number of pyridine rings is 1. The van der Waals surface area contributed by atoms with E-state index in [4.69, 9.17) is 4.98 Å². The van der Waals surface area contributed by atoms with Crippen molar-refractivity contribution in [3.8, 4) is 11.3 Å². The fourth-order valence-electron chi connectivity index (χ4n) is 3.99. The second kappa shape index (κ2) is 9.22. The van der Waals surface area contributed by atoms with Crippen molar-refractivity contribution in [1.29, 1.82) is 0 Å². The maximum atomic E-state index is 11.4. The third-order valence-corrected chi connectivity index (χ3v) is 5.57. The van der Waals surface area contributed by atoms with Gasteiger partial charge in [0.2, 0.25) is 11.9 Å². The van der Waals surface area contributed by atoms with Gasteiger partial charge in [0.25, 0.3) is 0 Å². The van der Waals surface area contributed by atoms with Gasteiger partial charge >= 0.3 is 0 Å². The predicted octanol–water partition coefficient (Wildman–Crippen LogP) is 3.80. The van der Waals surface area contributed by atoms with Gasteiger partial charge in [-0.3, -0.25) is 9.78 Å². The molecule has 8 heteroatoms. The van der Waals surface area contributed by atoms with Gasteiger partial charge in [0.05, 0.1) is 11.2 Å². The van der Waals surface area contributed by atoms with Crippen LogP contribution in [0.4, 0.5) is 23.0 Å². The normalized spacial score (nSPS) is 13.7. The lowest BCUT2D eigenvalue weighted by Gasteiger charge is -2.29. The highest BCUT2D eigenvalue weighted by Gasteiger charge is 2.12. The van der Waals surface area contributed by atoms with E-state index in [-0.39, 0.29) is 5.91 Å². The molecule has 1 amide bonds. The number of hydrogen-bond acceptors (Lipinski definition) is 7. The molecule has 0 atom stereocenters. The van der Waals surface area contributed by atoms with Crippen LogP contribution in [0.3, 0.4) is 0 Å². The topological polar surface area (TPSA) is 95.1 Å². The van der Waals surface area contributed by atoms with Crippen LogP contribution in [0.15, 0.2) is 67.0 Å². The van der Waals surface area contributed by atoms with Crippen molar-refractivity contribution in [2.24, 2.45) is 0 Å². The molecule has 0 spiro atoms. The molecule has 1 saturated heterocycles. The van der Waals surface area contributed by atoms with Crippen molar-refractivity contribution in [3.05, 3.63) is 67.0 Å². The van der Waals surface area contributed by atoms with Gasteiger partial charge in [-0.25, -0.2) is 9.97 Å². The summed E-state index contributed by atoms with van der Waals surface area (Å²) in [7, 11) is 0. The zero-order valence-corrected chi connectivity index (χ0v) is 18.4. The van der Waals surface area contributed by atoms with Crippen LogP contribution in [-0.4, -0.2) is 47.0 Å². The molecule has 0 saturated carbocycles. The highest BCUT2D eigenvalue weighted by molar-refractivity contribution is 5.94. The minimum atomic E-state index is -0.123. The molecule has 3 heterocycles. The number of hydrogen-bond donors (Lipinski definition) is 3. The lowest BCUT2D eigenvalue weighted by molar-refractivity contribution is -0.114. The van der Waals surface area contributed by atoms with E-state index in [0.29, 0.717) is 11.6 Å². The first-order chi connectivity index (χ1) is 16.2. The van der Waals surface area contributed by atoms with Gasteiger partial charge in [-0.2, -0.15) is 0 Å². The Bertz CT molecular complexity index is 1280. The molecule has 3 N–H and O–H groups in total. The third-order valence-electron chi connectivity index (χ3n) is 5.57. The van der Waals surface area contributed by atoms with Crippen molar-refractivity contribution in [1.82, 2.24) is 20.3 Å². The summed E-state index contributed by atoms with van der Waals surface area (Å²) in [6.07, 6.45) is 3.49. The van der Waals surface area contributed by atoms with Gasteiger partial charge in [-0.05, 0) is 36.4 Å². The van der Waals surface area contributed by atoms with Crippen LogP contribution < -0.4 is 20.9 Å². The van der Waals surface area contributed by atoms with Gasteiger partial charge in [-0.1, -0.05) is 18.2 Å². The Morgan fingerprint density at radius 3 is 2.61 bits per heavy atom. The molecule has 8 nitrogen and oxygen atoms in total. The summed E-state index contributed by atoms with van der Waals surface area (Å²) in [5.41, 5.74) is 5.24. The number of benzene rings is 2. The molecule has 0 bridgehead atoms. The molecule has 1 aliphatic rings. The summed E-state index contributed by atoms with van der Waals surface area (Å²) in [6, 6.07) is 17.9. The van der Waals surface area contributed by atoms with E-state index in [1.54, 1.807) is 18.5 Å². The van der Waals surface area contributed by atoms with Gasteiger partial charge in [0.1, 0.15) is 0 Å². The van der Waals surface area contributed by atoms with E-state index < -0.39 is 0 Å². The van der Waals surface area contributed by atoms with Crippen molar-refractivity contribution < 1.29 is 4.79 Å². The van der Waals surface area contributed by atoms with Crippen LogP contribution in [0.5, 0.6) is 0 Å². The molecule has 5 rings (SSSR count). The molecule has 1 fully saturated rings. The van der Waals surface area contributed by atoms with E-state index >= 15 is 0 Å². The van der Waals surface area contributed by atoms with Gasteiger partial charge in [0.15, 0.2) is 0 Å². The maximum absolute atomic E-state index is 11.4. The number of piperazine rings is 1. The van der Waals surface area contributed by atoms with Crippen LogP contribution in [0, 0.1) is 0 Å². The molecular weight excluding hydrogens is 414 g/mol. The number of amides is 1. The SMILES string of the molecule is CC(=O)Nc1ccnc(-c2cccc3cnc(Nc4ccc(N5CCNCC5)cc4)nc23)c1. The lowest BCUT2D eigenvalue weighted by Crippen LogP contribution is -2.43. The van der Waals surface area contributed by atoms with E-state index in [1.807, 2.05) is 24.3 Å². The first kappa shape index (κ1) is 20.8. The molecular formula is C25H25N7O. The highest BCUT2D eigenvalue weighted by atomic mass is 16.1. The van der Waals surface area contributed by atoms with E-state index in [2.05, 4.69) is 55.1 Å². The first-order valence-corrected chi connectivity index (χ1v) is 11.0. The Morgan fingerprint density at radius 2 is 1.82 bits per heavy atom. The van der Waals surface area contributed by atoms with Crippen LogP contribution in [0.25, 0.3) is 22.2 Å². The molecule has 0 aliphatic carbocycles. The van der Waals surface area contributed by atoms with Gasteiger partial charge in [-0.15, -0.1) is 0 Å². The molecule has 0 unspecified atom stereocenters. The monoisotopic (exact) mass is 439 g/mol. The largest absolute Gasteiger partial charge is 0.369 e. The predicted molar refractivity (Wildman–Crippen MR) is 132 cm³/mol. The number of carbonyl (C=O) groups excluding carboxylic acids is 1. The first-order valence-electron chi connectivity index (χ1n) is 11.0. The highest BCUT2D eigenvalue weighted by Crippen LogP contribution is 2.28. The maximum Gasteiger partial charge on any atom is 0.227 e.